The fourth-order valence-corrected chi connectivity index (χ4v) is 5.45. The van der Waals surface area contributed by atoms with Crippen molar-refractivity contribution in [2.75, 3.05) is 0 Å². The van der Waals surface area contributed by atoms with Crippen LogP contribution in [0.15, 0.2) is 103 Å². The van der Waals surface area contributed by atoms with Crippen LogP contribution in [-0.4, -0.2) is 9.97 Å². The third kappa shape index (κ3) is 3.44. The second kappa shape index (κ2) is 8.26. The molecule has 0 fully saturated rings. The lowest BCUT2D eigenvalue weighted by Crippen LogP contribution is -2.24. The fraction of sp³-hybridized carbons (Fsp3) is 0.0882. The van der Waals surface area contributed by atoms with Crippen molar-refractivity contribution in [2.45, 2.75) is 19.3 Å². The van der Waals surface area contributed by atoms with E-state index < -0.39 is 0 Å². The van der Waals surface area contributed by atoms with Gasteiger partial charge in [0, 0.05) is 33.1 Å². The quantitative estimate of drug-likeness (QED) is 0.245. The van der Waals surface area contributed by atoms with E-state index >= 15 is 0 Å². The zero-order valence-electron chi connectivity index (χ0n) is 21.1. The van der Waals surface area contributed by atoms with Gasteiger partial charge in [-0.1, -0.05) is 68.4 Å². The molecule has 0 atom stereocenters. The number of ether oxygens (including phenoxy) is 1. The molecule has 0 amide bonds. The SMILES string of the molecule is CC1(C)c2cc(C#N)ccc2Oc2ccc(-c3nc(-c4ccc5ccccc5c4)nc4ccccc34)cc21. The van der Waals surface area contributed by atoms with Crippen molar-refractivity contribution in [1.29, 1.82) is 5.26 Å². The molecule has 0 bridgehead atoms. The number of nitriles is 1. The van der Waals surface area contributed by atoms with Crippen LogP contribution in [0, 0.1) is 11.3 Å². The minimum absolute atomic E-state index is 0.351. The van der Waals surface area contributed by atoms with Crippen LogP contribution in [0.25, 0.3) is 44.3 Å². The van der Waals surface area contributed by atoms with Gasteiger partial charge in [0.05, 0.1) is 22.8 Å². The smallest absolute Gasteiger partial charge is 0.160 e. The van der Waals surface area contributed by atoms with E-state index in [9.17, 15) is 5.26 Å². The summed E-state index contributed by atoms with van der Waals surface area (Å²) in [5.74, 6) is 2.31. The van der Waals surface area contributed by atoms with Gasteiger partial charge in [-0.05, 0) is 59.3 Å². The molecule has 0 radical (unpaired) electrons. The van der Waals surface area contributed by atoms with E-state index in [0.717, 1.165) is 55.7 Å². The lowest BCUT2D eigenvalue weighted by Gasteiger charge is -2.35. The second-order valence-electron chi connectivity index (χ2n) is 10.2. The number of rotatable bonds is 2. The van der Waals surface area contributed by atoms with Crippen LogP contribution in [0.4, 0.5) is 0 Å². The Labute approximate surface area is 220 Å². The molecule has 180 valence electrons. The highest BCUT2D eigenvalue weighted by atomic mass is 16.5. The van der Waals surface area contributed by atoms with Gasteiger partial charge in [-0.25, -0.2) is 9.97 Å². The number of fused-ring (bicyclic) bond motifs is 4. The van der Waals surface area contributed by atoms with Crippen LogP contribution < -0.4 is 4.74 Å². The van der Waals surface area contributed by atoms with Gasteiger partial charge in [0.2, 0.25) is 0 Å². The summed E-state index contributed by atoms with van der Waals surface area (Å²) in [5, 5.41) is 12.8. The molecule has 0 N–H and O–H groups in total. The largest absolute Gasteiger partial charge is 0.457 e. The molecule has 0 saturated carbocycles. The highest BCUT2D eigenvalue weighted by Crippen LogP contribution is 2.49. The van der Waals surface area contributed by atoms with E-state index in [2.05, 4.69) is 68.4 Å². The average molecular weight is 490 g/mol. The Morgan fingerprint density at radius 3 is 2.24 bits per heavy atom. The zero-order valence-corrected chi connectivity index (χ0v) is 21.1. The molecule has 0 saturated heterocycles. The predicted molar refractivity (Wildman–Crippen MR) is 151 cm³/mol. The van der Waals surface area contributed by atoms with Crippen molar-refractivity contribution in [1.82, 2.24) is 9.97 Å². The molecule has 1 aromatic heterocycles. The third-order valence-electron chi connectivity index (χ3n) is 7.54. The molecule has 4 nitrogen and oxygen atoms in total. The van der Waals surface area contributed by atoms with Crippen LogP contribution in [0.1, 0.15) is 30.5 Å². The summed E-state index contributed by atoms with van der Waals surface area (Å²) < 4.78 is 6.28. The Kier molecular flexibility index (Phi) is 4.83. The van der Waals surface area contributed by atoms with Gasteiger partial charge >= 0.3 is 0 Å². The van der Waals surface area contributed by atoms with Gasteiger partial charge in [-0.15, -0.1) is 0 Å². The molecule has 0 spiro atoms. The van der Waals surface area contributed by atoms with Crippen molar-refractivity contribution in [2.24, 2.45) is 0 Å². The van der Waals surface area contributed by atoms with Crippen molar-refractivity contribution >= 4 is 21.7 Å². The molecule has 1 aliphatic heterocycles. The van der Waals surface area contributed by atoms with Gasteiger partial charge in [0.1, 0.15) is 11.5 Å². The summed E-state index contributed by atoms with van der Waals surface area (Å²) in [4.78, 5) is 10.1. The summed E-state index contributed by atoms with van der Waals surface area (Å²) in [6.07, 6.45) is 0. The number of benzene rings is 5. The average Bonchev–Trinajstić information content (AvgIpc) is 2.96. The highest BCUT2D eigenvalue weighted by molar-refractivity contribution is 5.94. The first-order valence-electron chi connectivity index (χ1n) is 12.6. The normalized spacial score (nSPS) is 13.4. The highest BCUT2D eigenvalue weighted by Gasteiger charge is 2.35. The molecule has 4 heteroatoms. The van der Waals surface area contributed by atoms with Crippen molar-refractivity contribution in [3.63, 3.8) is 0 Å². The number of nitrogens with zero attached hydrogens (tertiary/aromatic N) is 3. The van der Waals surface area contributed by atoms with Crippen LogP contribution >= 0.6 is 0 Å². The molecular formula is C34H23N3O. The zero-order chi connectivity index (χ0) is 25.9. The van der Waals surface area contributed by atoms with Crippen LogP contribution in [0.2, 0.25) is 0 Å². The molecule has 0 aliphatic carbocycles. The Morgan fingerprint density at radius 1 is 0.684 bits per heavy atom. The van der Waals surface area contributed by atoms with Crippen molar-refractivity contribution in [3.05, 3.63) is 120 Å². The van der Waals surface area contributed by atoms with Gasteiger partial charge in [0.15, 0.2) is 5.82 Å². The molecule has 0 unspecified atom stereocenters. The summed E-state index contributed by atoms with van der Waals surface area (Å²) in [7, 11) is 0. The summed E-state index contributed by atoms with van der Waals surface area (Å²) in [6.45, 7) is 4.35. The Bertz CT molecular complexity index is 1950. The summed E-state index contributed by atoms with van der Waals surface area (Å²) in [6, 6.07) is 37.0. The van der Waals surface area contributed by atoms with E-state index in [0.29, 0.717) is 11.4 Å². The van der Waals surface area contributed by atoms with E-state index in [4.69, 9.17) is 14.7 Å². The van der Waals surface area contributed by atoms with Crippen LogP contribution in [0.3, 0.4) is 0 Å². The van der Waals surface area contributed by atoms with E-state index in [1.54, 1.807) is 6.07 Å². The Morgan fingerprint density at radius 2 is 1.39 bits per heavy atom. The second-order valence-corrected chi connectivity index (χ2v) is 10.2. The number of aromatic nitrogens is 2. The van der Waals surface area contributed by atoms with Crippen molar-refractivity contribution in [3.8, 4) is 40.2 Å². The van der Waals surface area contributed by atoms with Gasteiger partial charge in [-0.2, -0.15) is 5.26 Å². The van der Waals surface area contributed by atoms with E-state index in [-0.39, 0.29) is 5.41 Å². The van der Waals surface area contributed by atoms with Crippen LogP contribution in [0.5, 0.6) is 11.5 Å². The Hall–Kier alpha value is -5.01. The van der Waals surface area contributed by atoms with E-state index in [1.807, 2.05) is 48.5 Å². The first kappa shape index (κ1) is 22.2. The minimum Gasteiger partial charge on any atom is -0.457 e. The summed E-state index contributed by atoms with van der Waals surface area (Å²) >= 11 is 0. The number of para-hydroxylation sites is 1. The van der Waals surface area contributed by atoms with Crippen molar-refractivity contribution < 1.29 is 4.74 Å². The van der Waals surface area contributed by atoms with Gasteiger partial charge < -0.3 is 4.74 Å². The topological polar surface area (TPSA) is 58.8 Å². The maximum Gasteiger partial charge on any atom is 0.160 e. The monoisotopic (exact) mass is 489 g/mol. The standard InChI is InChI=1S/C34H23N3O/c1-34(2)27-17-21(20-35)11-15-30(27)38-31-16-14-24(19-28(31)34)32-26-9-5-6-10-29(26)36-33(37-32)25-13-12-22-7-3-4-8-23(22)18-25/h3-19H,1-2H3. The molecule has 6 aromatic rings. The Balaban J connectivity index is 1.41. The lowest BCUT2D eigenvalue weighted by atomic mass is 9.74. The maximum absolute atomic E-state index is 9.47. The van der Waals surface area contributed by atoms with Crippen LogP contribution in [-0.2, 0) is 5.41 Å². The van der Waals surface area contributed by atoms with E-state index in [1.165, 1.54) is 5.39 Å². The summed E-state index contributed by atoms with van der Waals surface area (Å²) in [5.41, 5.74) is 6.11. The molecular weight excluding hydrogens is 466 g/mol. The fourth-order valence-electron chi connectivity index (χ4n) is 5.45. The first-order valence-corrected chi connectivity index (χ1v) is 12.6. The number of hydrogen-bond acceptors (Lipinski definition) is 4. The third-order valence-corrected chi connectivity index (χ3v) is 7.54. The molecule has 2 heterocycles. The minimum atomic E-state index is -0.351. The first-order chi connectivity index (χ1) is 18.5. The maximum atomic E-state index is 9.47. The lowest BCUT2D eigenvalue weighted by molar-refractivity contribution is 0.418. The van der Waals surface area contributed by atoms with Gasteiger partial charge in [-0.3, -0.25) is 0 Å². The predicted octanol–water partition coefficient (Wildman–Crippen LogP) is 8.42. The molecule has 1 aliphatic rings. The molecule has 5 aromatic carbocycles. The molecule has 38 heavy (non-hydrogen) atoms. The van der Waals surface area contributed by atoms with Gasteiger partial charge in [0.25, 0.3) is 0 Å². The number of hydrogen-bond donors (Lipinski definition) is 0. The molecule has 7 rings (SSSR count).